The predicted octanol–water partition coefficient (Wildman–Crippen LogP) is 5.79. The van der Waals surface area contributed by atoms with E-state index < -0.39 is 11.7 Å². The Morgan fingerprint density at radius 3 is 2.11 bits per heavy atom. The number of carbonyl (C=O) groups is 1. The highest BCUT2D eigenvalue weighted by Gasteiger charge is 2.41. The Morgan fingerprint density at radius 2 is 1.59 bits per heavy atom. The van der Waals surface area contributed by atoms with E-state index in [1.807, 2.05) is 18.7 Å². The molecule has 4 rings (SSSR count). The monoisotopic (exact) mass is 517 g/mol. The van der Waals surface area contributed by atoms with E-state index in [2.05, 4.69) is 30.6 Å². The van der Waals surface area contributed by atoms with Gasteiger partial charge in [0.05, 0.1) is 5.56 Å². The number of piperidine rings is 1. The van der Waals surface area contributed by atoms with Crippen LogP contribution in [-0.2, 0) is 6.18 Å². The summed E-state index contributed by atoms with van der Waals surface area (Å²) in [5.41, 5.74) is 2.54. The lowest BCUT2D eigenvalue weighted by Crippen LogP contribution is -2.62. The molecule has 0 aromatic heterocycles. The molecule has 0 spiro atoms. The number of phenols is 1. The molecule has 0 bridgehead atoms. The van der Waals surface area contributed by atoms with E-state index in [9.17, 15) is 23.1 Å². The van der Waals surface area contributed by atoms with Crippen LogP contribution in [0.4, 0.5) is 13.2 Å². The van der Waals surface area contributed by atoms with E-state index in [-0.39, 0.29) is 29.3 Å². The van der Waals surface area contributed by atoms with Gasteiger partial charge in [0.15, 0.2) is 0 Å². The molecule has 1 N–H and O–H groups in total. The lowest BCUT2D eigenvalue weighted by atomic mass is 9.85. The standard InChI is InChI=1S/C29H38F3N3O2/c1-19-16-25(36)17-20(2)26(19)27(37)33-12-10-28(5,11-13-33)34-14-15-35(21(3)18-34)22(4)23-6-8-24(9-7-23)29(30,31)32/h6-9,16-17,21-22,36H,10-15,18H2,1-5H3/t21-,22?/m0/s1. The third kappa shape index (κ3) is 5.65. The summed E-state index contributed by atoms with van der Waals surface area (Å²) >= 11 is 0. The summed E-state index contributed by atoms with van der Waals surface area (Å²) in [5.74, 6) is 0.208. The molecule has 2 fully saturated rings. The molecule has 2 aliphatic rings. The number of nitrogens with zero attached hydrogens (tertiary/aromatic N) is 3. The normalized spacial score (nSPS) is 22.2. The van der Waals surface area contributed by atoms with Crippen molar-refractivity contribution in [2.24, 2.45) is 0 Å². The quantitative estimate of drug-likeness (QED) is 0.558. The van der Waals surface area contributed by atoms with Gasteiger partial charge in [-0.1, -0.05) is 12.1 Å². The van der Waals surface area contributed by atoms with E-state index >= 15 is 0 Å². The second-order valence-corrected chi connectivity index (χ2v) is 11.1. The number of phenolic OH excluding ortho intramolecular Hbond substituents is 1. The molecule has 37 heavy (non-hydrogen) atoms. The molecular formula is C29H38F3N3O2. The fraction of sp³-hybridized carbons (Fsp3) is 0.552. The highest BCUT2D eigenvalue weighted by atomic mass is 19.4. The summed E-state index contributed by atoms with van der Waals surface area (Å²) in [5, 5.41) is 9.83. The first kappa shape index (κ1) is 27.5. The summed E-state index contributed by atoms with van der Waals surface area (Å²) in [6, 6.07) is 9.10. The largest absolute Gasteiger partial charge is 0.508 e. The molecule has 2 saturated heterocycles. The van der Waals surface area contributed by atoms with Gasteiger partial charge in [0.25, 0.3) is 5.91 Å². The van der Waals surface area contributed by atoms with Crippen molar-refractivity contribution in [3.05, 3.63) is 64.2 Å². The van der Waals surface area contributed by atoms with Crippen molar-refractivity contribution in [1.82, 2.24) is 14.7 Å². The molecule has 2 aliphatic heterocycles. The number of amides is 1. The number of rotatable bonds is 4. The van der Waals surface area contributed by atoms with Gasteiger partial charge < -0.3 is 10.0 Å². The Hall–Kier alpha value is -2.58. The maximum atomic E-state index is 13.3. The van der Waals surface area contributed by atoms with E-state index in [1.54, 1.807) is 24.3 Å². The number of aryl methyl sites for hydroxylation is 2. The van der Waals surface area contributed by atoms with Gasteiger partial charge in [0.1, 0.15) is 5.75 Å². The Bertz CT molecular complexity index is 1100. The molecule has 2 aromatic rings. The molecule has 5 nitrogen and oxygen atoms in total. The molecule has 0 radical (unpaired) electrons. The minimum atomic E-state index is -4.32. The SMILES string of the molecule is Cc1cc(O)cc(C)c1C(=O)N1CCC(C)(N2CCN(C(C)c3ccc(C(F)(F)F)cc3)[C@@H](C)C2)CC1. The number of likely N-dealkylation sites (tertiary alicyclic amines) is 1. The number of benzene rings is 2. The van der Waals surface area contributed by atoms with Gasteiger partial charge in [0.2, 0.25) is 0 Å². The summed E-state index contributed by atoms with van der Waals surface area (Å²) in [4.78, 5) is 20.1. The fourth-order valence-electron chi connectivity index (χ4n) is 6.12. The predicted molar refractivity (Wildman–Crippen MR) is 139 cm³/mol. The van der Waals surface area contributed by atoms with E-state index in [0.717, 1.165) is 49.2 Å². The number of aromatic hydroxyl groups is 1. The minimum Gasteiger partial charge on any atom is -0.508 e. The van der Waals surface area contributed by atoms with Gasteiger partial charge >= 0.3 is 6.18 Å². The van der Waals surface area contributed by atoms with Crippen molar-refractivity contribution in [3.8, 4) is 5.75 Å². The molecule has 0 saturated carbocycles. The number of halogens is 3. The average Bonchev–Trinajstić information content (AvgIpc) is 2.83. The molecular weight excluding hydrogens is 479 g/mol. The first-order chi connectivity index (χ1) is 17.3. The molecule has 202 valence electrons. The summed E-state index contributed by atoms with van der Waals surface area (Å²) in [6.45, 7) is 14.2. The van der Waals surface area contributed by atoms with E-state index in [1.165, 1.54) is 12.1 Å². The highest BCUT2D eigenvalue weighted by Crippen LogP contribution is 2.35. The second-order valence-electron chi connectivity index (χ2n) is 11.1. The van der Waals surface area contributed by atoms with Crippen LogP contribution in [0, 0.1) is 13.8 Å². The zero-order valence-corrected chi connectivity index (χ0v) is 22.4. The van der Waals surface area contributed by atoms with Crippen LogP contribution in [0.2, 0.25) is 0 Å². The Labute approximate surface area is 217 Å². The van der Waals surface area contributed by atoms with Crippen LogP contribution < -0.4 is 0 Å². The van der Waals surface area contributed by atoms with Crippen LogP contribution in [0.15, 0.2) is 36.4 Å². The Morgan fingerprint density at radius 1 is 1.03 bits per heavy atom. The van der Waals surface area contributed by atoms with Crippen LogP contribution in [-0.4, -0.2) is 70.0 Å². The first-order valence-electron chi connectivity index (χ1n) is 13.1. The summed E-state index contributed by atoms with van der Waals surface area (Å²) in [7, 11) is 0. The Kier molecular flexibility index (Phi) is 7.64. The first-order valence-corrected chi connectivity index (χ1v) is 13.1. The fourth-order valence-corrected chi connectivity index (χ4v) is 6.12. The van der Waals surface area contributed by atoms with Crippen molar-refractivity contribution in [1.29, 1.82) is 0 Å². The van der Waals surface area contributed by atoms with Gasteiger partial charge in [-0.2, -0.15) is 13.2 Å². The number of hydrogen-bond acceptors (Lipinski definition) is 4. The lowest BCUT2D eigenvalue weighted by molar-refractivity contribution is -0.137. The van der Waals surface area contributed by atoms with Crippen molar-refractivity contribution in [2.75, 3.05) is 32.7 Å². The molecule has 2 atom stereocenters. The van der Waals surface area contributed by atoms with Gasteiger partial charge in [-0.25, -0.2) is 0 Å². The van der Waals surface area contributed by atoms with Crippen LogP contribution in [0.5, 0.6) is 5.75 Å². The molecule has 8 heteroatoms. The maximum absolute atomic E-state index is 13.3. The summed E-state index contributed by atoms with van der Waals surface area (Å²) in [6.07, 6.45) is -2.55. The number of carbonyl (C=O) groups excluding carboxylic acids is 1. The van der Waals surface area contributed by atoms with Crippen LogP contribution in [0.1, 0.15) is 72.3 Å². The number of alkyl halides is 3. The van der Waals surface area contributed by atoms with Gasteiger partial charge in [0, 0.05) is 55.9 Å². The third-order valence-electron chi connectivity index (χ3n) is 8.52. The van der Waals surface area contributed by atoms with Gasteiger partial charge in [-0.15, -0.1) is 0 Å². The zero-order valence-electron chi connectivity index (χ0n) is 22.4. The van der Waals surface area contributed by atoms with Gasteiger partial charge in [-0.05, 0) is 88.4 Å². The summed E-state index contributed by atoms with van der Waals surface area (Å²) < 4.78 is 38.9. The zero-order chi connectivity index (χ0) is 27.1. The maximum Gasteiger partial charge on any atom is 0.416 e. The van der Waals surface area contributed by atoms with Crippen molar-refractivity contribution >= 4 is 5.91 Å². The highest BCUT2D eigenvalue weighted by molar-refractivity contribution is 5.97. The van der Waals surface area contributed by atoms with Crippen molar-refractivity contribution < 1.29 is 23.1 Å². The molecule has 2 heterocycles. The number of piperazine rings is 1. The third-order valence-corrected chi connectivity index (χ3v) is 8.52. The second kappa shape index (κ2) is 10.3. The van der Waals surface area contributed by atoms with Crippen molar-refractivity contribution in [2.45, 2.75) is 71.3 Å². The van der Waals surface area contributed by atoms with Crippen molar-refractivity contribution in [3.63, 3.8) is 0 Å². The van der Waals surface area contributed by atoms with Crippen LogP contribution in [0.3, 0.4) is 0 Å². The molecule has 1 unspecified atom stereocenters. The van der Waals surface area contributed by atoms with Gasteiger partial charge in [-0.3, -0.25) is 14.6 Å². The van der Waals surface area contributed by atoms with Crippen LogP contribution in [0.25, 0.3) is 0 Å². The average molecular weight is 518 g/mol. The van der Waals surface area contributed by atoms with E-state index in [4.69, 9.17) is 0 Å². The van der Waals surface area contributed by atoms with Crippen LogP contribution >= 0.6 is 0 Å². The molecule has 2 aromatic carbocycles. The smallest absolute Gasteiger partial charge is 0.416 e. The topological polar surface area (TPSA) is 47.0 Å². The van der Waals surface area contributed by atoms with E-state index in [0.29, 0.717) is 18.7 Å². The molecule has 1 amide bonds. The number of hydrogen-bond donors (Lipinski definition) is 1. The lowest BCUT2D eigenvalue weighted by Gasteiger charge is -2.52. The minimum absolute atomic E-state index is 0.00618. The molecule has 0 aliphatic carbocycles. The Balaban J connectivity index is 1.36.